The lowest BCUT2D eigenvalue weighted by Crippen LogP contribution is -2.39. The molecule has 176 valence electrons. The van der Waals surface area contributed by atoms with Gasteiger partial charge in [0.15, 0.2) is 0 Å². The van der Waals surface area contributed by atoms with Gasteiger partial charge in [0.25, 0.3) is 5.91 Å². The average Bonchev–Trinajstić information content (AvgIpc) is 2.83. The fourth-order valence-electron chi connectivity index (χ4n) is 3.00. The molecule has 34 heavy (non-hydrogen) atoms. The lowest BCUT2D eigenvalue weighted by Gasteiger charge is -2.21. The third-order valence-electron chi connectivity index (χ3n) is 4.82. The number of nitrogens with one attached hydrogen (secondary N) is 1. The minimum absolute atomic E-state index is 0.368. The number of rotatable bonds is 9. The zero-order valence-electron chi connectivity index (χ0n) is 18.8. The first-order valence-electron chi connectivity index (χ1n) is 10.5. The fourth-order valence-corrected chi connectivity index (χ4v) is 3.86. The van der Waals surface area contributed by atoms with Gasteiger partial charge in [-0.3, -0.25) is 9.10 Å². The summed E-state index contributed by atoms with van der Waals surface area (Å²) in [6, 6.07) is 22.2. The highest BCUT2D eigenvalue weighted by atomic mass is 32.2. The number of carbonyl (C=O) groups is 2. The quantitative estimate of drug-likeness (QED) is 0.219. The van der Waals surface area contributed by atoms with Gasteiger partial charge in [-0.05, 0) is 66.1 Å². The van der Waals surface area contributed by atoms with Crippen LogP contribution in [0.2, 0.25) is 0 Å². The minimum Gasteiger partial charge on any atom is -0.423 e. The summed E-state index contributed by atoms with van der Waals surface area (Å²) in [5, 5.41) is 3.88. The summed E-state index contributed by atoms with van der Waals surface area (Å²) in [6.07, 6.45) is 3.27. The van der Waals surface area contributed by atoms with Crippen LogP contribution in [-0.2, 0) is 21.2 Å². The number of esters is 1. The van der Waals surface area contributed by atoms with Crippen molar-refractivity contribution in [3.05, 3.63) is 95.6 Å². The number of hydrogen-bond acceptors (Lipinski definition) is 6. The second-order valence-electron chi connectivity index (χ2n) is 7.41. The molecule has 0 saturated heterocycles. The van der Waals surface area contributed by atoms with Crippen molar-refractivity contribution in [1.29, 1.82) is 0 Å². The van der Waals surface area contributed by atoms with Gasteiger partial charge in [0, 0.05) is 0 Å². The third kappa shape index (κ3) is 7.01. The molecule has 0 aromatic heterocycles. The summed E-state index contributed by atoms with van der Waals surface area (Å²) in [4.78, 5) is 24.4. The molecule has 0 unspecified atom stereocenters. The van der Waals surface area contributed by atoms with Crippen molar-refractivity contribution in [1.82, 2.24) is 5.43 Å². The lowest BCUT2D eigenvalue weighted by molar-refractivity contribution is -0.119. The van der Waals surface area contributed by atoms with Crippen LogP contribution >= 0.6 is 0 Å². The minimum atomic E-state index is -3.67. The van der Waals surface area contributed by atoms with Gasteiger partial charge in [-0.2, -0.15) is 5.10 Å². The predicted octanol–water partition coefficient (Wildman–Crippen LogP) is 3.38. The molecule has 0 fully saturated rings. The molecule has 9 heteroatoms. The van der Waals surface area contributed by atoms with Crippen molar-refractivity contribution < 1.29 is 22.7 Å². The van der Waals surface area contributed by atoms with Gasteiger partial charge in [-0.15, -0.1) is 0 Å². The van der Waals surface area contributed by atoms with Gasteiger partial charge < -0.3 is 4.74 Å². The number of benzene rings is 3. The Bertz CT molecular complexity index is 1260. The molecule has 0 spiro atoms. The van der Waals surface area contributed by atoms with E-state index >= 15 is 0 Å². The number of nitrogens with zero attached hydrogens (tertiary/aromatic N) is 2. The molecule has 0 radical (unpaired) electrons. The van der Waals surface area contributed by atoms with Crippen LogP contribution in [-0.4, -0.2) is 39.3 Å². The Morgan fingerprint density at radius 1 is 0.971 bits per heavy atom. The van der Waals surface area contributed by atoms with Gasteiger partial charge in [0.05, 0.1) is 23.7 Å². The predicted molar refractivity (Wildman–Crippen MR) is 132 cm³/mol. The molecule has 3 aromatic rings. The molecule has 0 aliphatic carbocycles. The molecule has 3 rings (SSSR count). The van der Waals surface area contributed by atoms with Gasteiger partial charge in [-0.25, -0.2) is 18.6 Å². The van der Waals surface area contributed by atoms with Crippen molar-refractivity contribution in [2.45, 2.75) is 13.3 Å². The summed E-state index contributed by atoms with van der Waals surface area (Å²) in [7, 11) is -3.67. The van der Waals surface area contributed by atoms with E-state index in [4.69, 9.17) is 4.74 Å². The van der Waals surface area contributed by atoms with Crippen LogP contribution in [0, 0.1) is 0 Å². The number of carbonyl (C=O) groups excluding carboxylic acids is 2. The van der Waals surface area contributed by atoms with Gasteiger partial charge >= 0.3 is 5.97 Å². The van der Waals surface area contributed by atoms with E-state index in [2.05, 4.69) is 10.5 Å². The van der Waals surface area contributed by atoms with Crippen LogP contribution in [0.4, 0.5) is 5.69 Å². The second-order valence-corrected chi connectivity index (χ2v) is 9.31. The Balaban J connectivity index is 1.57. The number of ether oxygens (including phenoxy) is 1. The zero-order chi connectivity index (χ0) is 24.6. The maximum atomic E-state index is 12.3. The molecule has 0 heterocycles. The molecular formula is C25H25N3O5S. The van der Waals surface area contributed by atoms with Crippen LogP contribution in [0.25, 0.3) is 0 Å². The first-order valence-corrected chi connectivity index (χ1v) is 12.4. The van der Waals surface area contributed by atoms with Crippen LogP contribution in [0.1, 0.15) is 28.4 Å². The van der Waals surface area contributed by atoms with E-state index in [-0.39, 0.29) is 0 Å². The third-order valence-corrected chi connectivity index (χ3v) is 5.96. The second kappa shape index (κ2) is 11.2. The largest absolute Gasteiger partial charge is 0.423 e. The number of sulfonamides is 1. The Hall–Kier alpha value is -3.98. The Morgan fingerprint density at radius 2 is 1.62 bits per heavy atom. The van der Waals surface area contributed by atoms with Gasteiger partial charge in [0.2, 0.25) is 10.0 Å². The molecule has 0 atom stereocenters. The Labute approximate surface area is 198 Å². The summed E-state index contributed by atoms with van der Waals surface area (Å²) in [6.45, 7) is 1.59. The molecular weight excluding hydrogens is 454 g/mol. The molecule has 0 aliphatic heterocycles. The lowest BCUT2D eigenvalue weighted by atomic mass is 10.1. The summed E-state index contributed by atoms with van der Waals surface area (Å²) >= 11 is 0. The first-order chi connectivity index (χ1) is 16.3. The van der Waals surface area contributed by atoms with Crippen LogP contribution < -0.4 is 14.5 Å². The topological polar surface area (TPSA) is 105 Å². The molecule has 0 saturated carbocycles. The van der Waals surface area contributed by atoms with Crippen molar-refractivity contribution in [2.24, 2.45) is 5.10 Å². The van der Waals surface area contributed by atoms with E-state index in [9.17, 15) is 18.0 Å². The monoisotopic (exact) mass is 479 g/mol. The number of anilines is 1. The fraction of sp³-hybridized carbons (Fsp3) is 0.160. The maximum Gasteiger partial charge on any atom is 0.343 e. The normalized spacial score (nSPS) is 11.2. The van der Waals surface area contributed by atoms with Crippen molar-refractivity contribution in [2.75, 3.05) is 17.1 Å². The highest BCUT2D eigenvalue weighted by molar-refractivity contribution is 7.92. The highest BCUT2D eigenvalue weighted by Crippen LogP contribution is 2.18. The van der Waals surface area contributed by atoms with E-state index in [1.54, 1.807) is 60.7 Å². The van der Waals surface area contributed by atoms with E-state index < -0.39 is 28.4 Å². The summed E-state index contributed by atoms with van der Waals surface area (Å²) in [5.74, 6) is -0.684. The molecule has 8 nitrogen and oxygen atoms in total. The van der Waals surface area contributed by atoms with Crippen LogP contribution in [0.3, 0.4) is 0 Å². The maximum absolute atomic E-state index is 12.3. The summed E-state index contributed by atoms with van der Waals surface area (Å²) in [5.41, 5.74) is 4.89. The van der Waals surface area contributed by atoms with Gasteiger partial charge in [0.1, 0.15) is 12.3 Å². The molecule has 0 aliphatic rings. The first kappa shape index (κ1) is 24.7. The zero-order valence-corrected chi connectivity index (χ0v) is 19.7. The molecule has 0 bridgehead atoms. The van der Waals surface area contributed by atoms with Crippen molar-refractivity contribution >= 4 is 33.8 Å². The highest BCUT2D eigenvalue weighted by Gasteiger charge is 2.20. The molecule has 1 N–H and O–H groups in total. The SMILES string of the molecule is CCc1ccc(N(CC(=O)NN=Cc2ccc(OC(=O)c3ccccc3)cc2)S(C)(=O)=O)cc1. The average molecular weight is 480 g/mol. The van der Waals surface area contributed by atoms with E-state index in [0.29, 0.717) is 22.6 Å². The van der Waals surface area contributed by atoms with Gasteiger partial charge in [-0.1, -0.05) is 37.3 Å². The van der Waals surface area contributed by atoms with E-state index in [0.717, 1.165) is 22.5 Å². The molecule has 3 aromatic carbocycles. The summed E-state index contributed by atoms with van der Waals surface area (Å²) < 4.78 is 30.7. The Kier molecular flexibility index (Phi) is 8.15. The van der Waals surface area contributed by atoms with Crippen LogP contribution in [0.5, 0.6) is 5.75 Å². The standard InChI is InChI=1S/C25H25N3O5S/c1-3-19-9-13-22(14-10-19)28(34(2,31)32)18-24(29)27-26-17-20-11-15-23(16-12-20)33-25(30)21-7-5-4-6-8-21/h4-17H,3,18H2,1-2H3,(H,27,29). The van der Waals surface area contributed by atoms with Crippen molar-refractivity contribution in [3.63, 3.8) is 0 Å². The molecule has 1 amide bonds. The van der Waals surface area contributed by atoms with Crippen LogP contribution in [0.15, 0.2) is 84.0 Å². The number of hydrogen-bond donors (Lipinski definition) is 1. The van der Waals surface area contributed by atoms with E-state index in [1.165, 1.54) is 6.21 Å². The van der Waals surface area contributed by atoms with E-state index in [1.807, 2.05) is 25.1 Å². The smallest absolute Gasteiger partial charge is 0.343 e. The van der Waals surface area contributed by atoms with Crippen molar-refractivity contribution in [3.8, 4) is 5.75 Å². The Morgan fingerprint density at radius 3 is 2.21 bits per heavy atom. The number of hydrazone groups is 1. The number of amides is 1. The number of aryl methyl sites for hydroxylation is 1.